The fraction of sp³-hybridized carbons (Fsp3) is 0.583. The summed E-state index contributed by atoms with van der Waals surface area (Å²) in [6.45, 7) is 12.8. The van der Waals surface area contributed by atoms with Gasteiger partial charge in [-0.2, -0.15) is 10.1 Å². The highest BCUT2D eigenvalue weighted by atomic mass is 16.5. The summed E-state index contributed by atoms with van der Waals surface area (Å²) in [5.74, 6) is 1.66. The van der Waals surface area contributed by atoms with E-state index in [0.29, 0.717) is 30.7 Å². The maximum Gasteiger partial charge on any atom is 0.279 e. The van der Waals surface area contributed by atoms with Crippen molar-refractivity contribution in [3.8, 4) is 28.9 Å². The Balaban J connectivity index is 1.67. The van der Waals surface area contributed by atoms with E-state index in [1.165, 1.54) is 11.3 Å². The molecule has 0 aromatic carbocycles. The maximum atomic E-state index is 5.84. The van der Waals surface area contributed by atoms with Crippen molar-refractivity contribution in [2.45, 2.75) is 73.3 Å². The second kappa shape index (κ2) is 9.02. The van der Waals surface area contributed by atoms with Crippen molar-refractivity contribution in [1.29, 1.82) is 0 Å². The lowest BCUT2D eigenvalue weighted by Gasteiger charge is -2.30. The van der Waals surface area contributed by atoms with Crippen molar-refractivity contribution in [2.24, 2.45) is 11.1 Å². The third-order valence-corrected chi connectivity index (χ3v) is 6.25. The monoisotopic (exact) mass is 438 g/mol. The molecular formula is C24H34N6O2. The number of hydrogen-bond acceptors (Lipinski definition) is 7. The largest absolute Gasteiger partial charge is 0.477 e. The Morgan fingerprint density at radius 2 is 2.06 bits per heavy atom. The predicted molar refractivity (Wildman–Crippen MR) is 124 cm³/mol. The minimum atomic E-state index is 0.282. The zero-order valence-corrected chi connectivity index (χ0v) is 19.9. The van der Waals surface area contributed by atoms with Gasteiger partial charge < -0.3 is 15.0 Å². The minimum Gasteiger partial charge on any atom is -0.477 e. The van der Waals surface area contributed by atoms with Gasteiger partial charge in [0.25, 0.3) is 5.89 Å². The van der Waals surface area contributed by atoms with Crippen molar-refractivity contribution in [3.05, 3.63) is 28.6 Å². The highest BCUT2D eigenvalue weighted by Gasteiger charge is 2.32. The van der Waals surface area contributed by atoms with Crippen LogP contribution in [0.25, 0.3) is 23.0 Å². The second-order valence-corrected chi connectivity index (χ2v) is 9.28. The molecule has 4 rings (SSSR count). The maximum absolute atomic E-state index is 5.84. The van der Waals surface area contributed by atoms with Crippen LogP contribution in [0.4, 0.5) is 0 Å². The molecule has 0 unspecified atom stereocenters. The molecule has 3 aromatic heterocycles. The average Bonchev–Trinajstić information content (AvgIpc) is 3.37. The highest BCUT2D eigenvalue weighted by Crippen LogP contribution is 2.39. The lowest BCUT2D eigenvalue weighted by molar-refractivity contribution is 0.298. The first-order chi connectivity index (χ1) is 15.4. The molecule has 2 N–H and O–H groups in total. The molecule has 1 aliphatic carbocycles. The zero-order chi connectivity index (χ0) is 22.9. The third kappa shape index (κ3) is 4.28. The predicted octanol–water partition coefficient (Wildman–Crippen LogP) is 4.13. The van der Waals surface area contributed by atoms with E-state index in [9.17, 15) is 0 Å². The molecular weight excluding hydrogens is 404 g/mol. The molecule has 0 saturated carbocycles. The number of ether oxygens (including phenoxy) is 1. The topological polar surface area (TPSA) is 105 Å². The van der Waals surface area contributed by atoms with Crippen LogP contribution in [0.3, 0.4) is 0 Å². The Morgan fingerprint density at radius 3 is 2.78 bits per heavy atom. The van der Waals surface area contributed by atoms with Crippen LogP contribution in [0.15, 0.2) is 10.6 Å². The van der Waals surface area contributed by atoms with E-state index in [-0.39, 0.29) is 5.41 Å². The van der Waals surface area contributed by atoms with Gasteiger partial charge >= 0.3 is 0 Å². The first kappa shape index (κ1) is 22.5. The molecule has 0 aliphatic heterocycles. The van der Waals surface area contributed by atoms with Gasteiger partial charge in [-0.25, -0.2) is 4.98 Å². The van der Waals surface area contributed by atoms with Crippen LogP contribution >= 0.6 is 0 Å². The second-order valence-electron chi connectivity index (χ2n) is 9.28. The average molecular weight is 439 g/mol. The SMILES string of the molecule is CCc1cc(-c2noc(-c3nn(CC)c4c3CCC(C)(C)C4)n2)c(C)nc1OCCCN. The number of pyridine rings is 1. The summed E-state index contributed by atoms with van der Waals surface area (Å²) >= 11 is 0. The summed E-state index contributed by atoms with van der Waals surface area (Å²) in [6, 6.07) is 2.05. The first-order valence-electron chi connectivity index (χ1n) is 11.6. The van der Waals surface area contributed by atoms with E-state index in [1.54, 1.807) is 0 Å². The van der Waals surface area contributed by atoms with Crippen LogP contribution in [0.1, 0.15) is 63.1 Å². The molecule has 0 amide bonds. The fourth-order valence-corrected chi connectivity index (χ4v) is 4.34. The van der Waals surface area contributed by atoms with Crippen molar-refractivity contribution in [3.63, 3.8) is 0 Å². The van der Waals surface area contributed by atoms with E-state index < -0.39 is 0 Å². The molecule has 0 atom stereocenters. The lowest BCUT2D eigenvalue weighted by atomic mass is 9.76. The lowest BCUT2D eigenvalue weighted by Crippen LogP contribution is -2.24. The number of aryl methyl sites for hydroxylation is 3. The Kier molecular flexibility index (Phi) is 6.33. The number of rotatable bonds is 8. The highest BCUT2D eigenvalue weighted by molar-refractivity contribution is 5.63. The minimum absolute atomic E-state index is 0.282. The van der Waals surface area contributed by atoms with Crippen LogP contribution in [-0.2, 0) is 25.8 Å². The van der Waals surface area contributed by atoms with Crippen molar-refractivity contribution >= 4 is 0 Å². The molecule has 8 nitrogen and oxygen atoms in total. The molecule has 0 bridgehead atoms. The van der Waals surface area contributed by atoms with Crippen LogP contribution in [0.2, 0.25) is 0 Å². The van der Waals surface area contributed by atoms with Crippen molar-refractivity contribution < 1.29 is 9.26 Å². The molecule has 8 heteroatoms. The van der Waals surface area contributed by atoms with Gasteiger partial charge in [0.2, 0.25) is 11.7 Å². The van der Waals surface area contributed by atoms with E-state index in [1.807, 2.05) is 6.92 Å². The summed E-state index contributed by atoms with van der Waals surface area (Å²) in [7, 11) is 0. The zero-order valence-electron chi connectivity index (χ0n) is 19.9. The summed E-state index contributed by atoms with van der Waals surface area (Å²) in [5, 5.41) is 9.12. The summed E-state index contributed by atoms with van der Waals surface area (Å²) in [6.07, 6.45) is 4.71. The Bertz CT molecular complexity index is 1100. The summed E-state index contributed by atoms with van der Waals surface area (Å²) in [5.41, 5.74) is 11.9. The Hall–Kier alpha value is -2.74. The Morgan fingerprint density at radius 1 is 1.25 bits per heavy atom. The first-order valence-corrected chi connectivity index (χ1v) is 11.6. The summed E-state index contributed by atoms with van der Waals surface area (Å²) in [4.78, 5) is 9.41. The molecule has 0 saturated heterocycles. The van der Waals surface area contributed by atoms with Crippen molar-refractivity contribution in [2.75, 3.05) is 13.2 Å². The molecule has 3 heterocycles. The van der Waals surface area contributed by atoms with E-state index in [2.05, 4.69) is 48.6 Å². The molecule has 32 heavy (non-hydrogen) atoms. The fourth-order valence-electron chi connectivity index (χ4n) is 4.34. The van der Waals surface area contributed by atoms with Crippen molar-refractivity contribution in [1.82, 2.24) is 24.9 Å². The molecule has 0 fully saturated rings. The van der Waals surface area contributed by atoms with E-state index in [0.717, 1.165) is 61.2 Å². The van der Waals surface area contributed by atoms with Crippen LogP contribution in [0, 0.1) is 12.3 Å². The van der Waals surface area contributed by atoms with Gasteiger partial charge in [0.15, 0.2) is 5.69 Å². The van der Waals surface area contributed by atoms with E-state index >= 15 is 0 Å². The summed E-state index contributed by atoms with van der Waals surface area (Å²) < 4.78 is 13.6. The van der Waals surface area contributed by atoms with Gasteiger partial charge in [-0.05, 0) is 64.0 Å². The van der Waals surface area contributed by atoms with Gasteiger partial charge in [0.1, 0.15) is 0 Å². The molecule has 0 radical (unpaired) electrons. The number of hydrogen-bond donors (Lipinski definition) is 1. The van der Waals surface area contributed by atoms with E-state index in [4.69, 9.17) is 25.1 Å². The van der Waals surface area contributed by atoms with Gasteiger partial charge in [0.05, 0.1) is 12.3 Å². The molecule has 172 valence electrons. The standard InChI is InChI=1S/C24H34N6O2/c1-6-16-13-18(15(3)26-22(16)31-12-8-11-25)21-27-23(32-29-21)20-17-9-10-24(4,5)14-19(17)30(7-2)28-20/h13H,6-12,14,25H2,1-5H3. The number of aromatic nitrogens is 5. The number of nitrogens with zero attached hydrogens (tertiary/aromatic N) is 5. The van der Waals surface area contributed by atoms with Crippen LogP contribution in [0.5, 0.6) is 5.88 Å². The smallest absolute Gasteiger partial charge is 0.279 e. The van der Waals surface area contributed by atoms with Gasteiger partial charge in [0, 0.05) is 28.9 Å². The number of nitrogens with two attached hydrogens (primary N) is 1. The third-order valence-electron chi connectivity index (χ3n) is 6.25. The number of fused-ring (bicyclic) bond motifs is 1. The Labute approximate surface area is 189 Å². The van der Waals surface area contributed by atoms with Crippen LogP contribution in [-0.4, -0.2) is 38.1 Å². The van der Waals surface area contributed by atoms with Gasteiger partial charge in [-0.15, -0.1) is 0 Å². The molecule has 3 aromatic rings. The van der Waals surface area contributed by atoms with Crippen LogP contribution < -0.4 is 10.5 Å². The van der Waals surface area contributed by atoms with Gasteiger partial charge in [-0.3, -0.25) is 4.68 Å². The quantitative estimate of drug-likeness (QED) is 0.527. The molecule has 1 aliphatic rings. The normalized spacial score (nSPS) is 15.1. The molecule has 0 spiro atoms. The van der Waals surface area contributed by atoms with Gasteiger partial charge in [-0.1, -0.05) is 25.9 Å².